The zero-order valence-electron chi connectivity index (χ0n) is 13.9. The lowest BCUT2D eigenvalue weighted by Crippen LogP contribution is -2.41. The molecule has 0 radical (unpaired) electrons. The van der Waals surface area contributed by atoms with E-state index < -0.39 is 10.8 Å². The number of rotatable bonds is 4. The first-order chi connectivity index (χ1) is 12.6. The number of benzene rings is 2. The van der Waals surface area contributed by atoms with Crippen molar-refractivity contribution >= 4 is 23.2 Å². The Morgan fingerprint density at radius 1 is 1.08 bits per heavy atom. The summed E-state index contributed by atoms with van der Waals surface area (Å²) < 4.78 is 5.25. The number of hydrogen-bond acceptors (Lipinski definition) is 5. The van der Waals surface area contributed by atoms with Crippen molar-refractivity contribution in [3.8, 4) is 0 Å². The highest BCUT2D eigenvalue weighted by atomic mass is 16.6. The number of anilines is 1. The molecule has 0 aliphatic carbocycles. The highest BCUT2D eigenvalue weighted by Gasteiger charge is 2.22. The summed E-state index contributed by atoms with van der Waals surface area (Å²) in [5, 5.41) is 13.5. The third-order valence-corrected chi connectivity index (χ3v) is 4.02. The van der Waals surface area contributed by atoms with Gasteiger partial charge in [0.1, 0.15) is 0 Å². The molecular formula is C18H17N3O5. The van der Waals surface area contributed by atoms with Crippen LogP contribution < -0.4 is 5.32 Å². The molecule has 1 N–H and O–H groups in total. The van der Waals surface area contributed by atoms with Crippen LogP contribution in [0.3, 0.4) is 0 Å². The predicted molar refractivity (Wildman–Crippen MR) is 94.2 cm³/mol. The van der Waals surface area contributed by atoms with E-state index in [4.69, 9.17) is 4.74 Å². The molecule has 0 saturated carbocycles. The maximum absolute atomic E-state index is 12.7. The molecule has 8 nitrogen and oxygen atoms in total. The van der Waals surface area contributed by atoms with Crippen molar-refractivity contribution in [3.63, 3.8) is 0 Å². The van der Waals surface area contributed by atoms with Gasteiger partial charge in [0.2, 0.25) is 0 Å². The number of carbonyl (C=O) groups is 2. The largest absolute Gasteiger partial charge is 0.378 e. The molecule has 26 heavy (non-hydrogen) atoms. The minimum Gasteiger partial charge on any atom is -0.378 e. The molecule has 1 fully saturated rings. The van der Waals surface area contributed by atoms with E-state index in [0.29, 0.717) is 37.6 Å². The fourth-order valence-corrected chi connectivity index (χ4v) is 2.67. The molecule has 134 valence electrons. The molecule has 0 atom stereocenters. The van der Waals surface area contributed by atoms with E-state index >= 15 is 0 Å². The maximum Gasteiger partial charge on any atom is 0.270 e. The van der Waals surface area contributed by atoms with Crippen LogP contribution in [0.1, 0.15) is 20.7 Å². The second kappa shape index (κ2) is 7.75. The lowest BCUT2D eigenvalue weighted by atomic mass is 10.1. The van der Waals surface area contributed by atoms with Crippen LogP contribution in [0.25, 0.3) is 0 Å². The molecule has 2 aromatic rings. The third-order valence-electron chi connectivity index (χ3n) is 4.02. The number of para-hydroxylation sites is 1. The molecule has 0 unspecified atom stereocenters. The molecule has 0 aromatic heterocycles. The standard InChI is InChI=1S/C18H17N3O5/c22-17(13-4-3-5-14(12-13)21(24)25)19-16-7-2-1-6-15(16)18(23)20-8-10-26-11-9-20/h1-7,12H,8-11H2,(H,19,22). The summed E-state index contributed by atoms with van der Waals surface area (Å²) in [6, 6.07) is 12.1. The normalized spacial score (nSPS) is 13.9. The summed E-state index contributed by atoms with van der Waals surface area (Å²) in [5.41, 5.74) is 0.705. The van der Waals surface area contributed by atoms with Gasteiger partial charge in [0.05, 0.1) is 29.4 Å². The Hall–Kier alpha value is -3.26. The van der Waals surface area contributed by atoms with Gasteiger partial charge in [-0.1, -0.05) is 18.2 Å². The number of morpholine rings is 1. The van der Waals surface area contributed by atoms with Gasteiger partial charge in [0.15, 0.2) is 0 Å². The lowest BCUT2D eigenvalue weighted by molar-refractivity contribution is -0.384. The van der Waals surface area contributed by atoms with Gasteiger partial charge in [0.25, 0.3) is 17.5 Å². The average Bonchev–Trinajstić information content (AvgIpc) is 2.68. The summed E-state index contributed by atoms with van der Waals surface area (Å²) in [6.45, 7) is 1.94. The van der Waals surface area contributed by atoms with Gasteiger partial charge in [-0.15, -0.1) is 0 Å². The SMILES string of the molecule is O=C(Nc1ccccc1C(=O)N1CCOCC1)c1cccc([N+](=O)[O-])c1. The van der Waals surface area contributed by atoms with Crippen LogP contribution in [0.2, 0.25) is 0 Å². The Labute approximate surface area is 149 Å². The van der Waals surface area contributed by atoms with Crippen molar-refractivity contribution in [3.05, 3.63) is 69.8 Å². The molecule has 0 spiro atoms. The fourth-order valence-electron chi connectivity index (χ4n) is 2.67. The van der Waals surface area contributed by atoms with Crippen LogP contribution in [-0.2, 0) is 4.74 Å². The minimum atomic E-state index is -0.563. The molecule has 0 bridgehead atoms. The zero-order chi connectivity index (χ0) is 18.5. The quantitative estimate of drug-likeness (QED) is 0.670. The van der Waals surface area contributed by atoms with Crippen LogP contribution in [0.5, 0.6) is 0 Å². The number of nitro groups is 1. The first-order valence-corrected chi connectivity index (χ1v) is 8.08. The molecule has 1 heterocycles. The van der Waals surface area contributed by atoms with Gasteiger partial charge in [-0.05, 0) is 18.2 Å². The van der Waals surface area contributed by atoms with E-state index in [9.17, 15) is 19.7 Å². The zero-order valence-corrected chi connectivity index (χ0v) is 13.9. The number of nitrogens with zero attached hydrogens (tertiary/aromatic N) is 2. The van der Waals surface area contributed by atoms with Gasteiger partial charge in [-0.2, -0.15) is 0 Å². The molecule has 2 aromatic carbocycles. The summed E-state index contributed by atoms with van der Waals surface area (Å²) in [5.74, 6) is -0.709. The fraction of sp³-hybridized carbons (Fsp3) is 0.222. The van der Waals surface area contributed by atoms with Crippen LogP contribution in [0, 0.1) is 10.1 Å². The van der Waals surface area contributed by atoms with Crippen LogP contribution in [-0.4, -0.2) is 47.9 Å². The van der Waals surface area contributed by atoms with Crippen LogP contribution >= 0.6 is 0 Å². The van der Waals surface area contributed by atoms with Crippen molar-refractivity contribution in [2.75, 3.05) is 31.6 Å². The summed E-state index contributed by atoms with van der Waals surface area (Å²) in [7, 11) is 0. The monoisotopic (exact) mass is 355 g/mol. The Balaban J connectivity index is 1.82. The second-order valence-corrected chi connectivity index (χ2v) is 5.71. The molecular weight excluding hydrogens is 338 g/mol. The lowest BCUT2D eigenvalue weighted by Gasteiger charge is -2.27. The third kappa shape index (κ3) is 3.86. The number of carbonyl (C=O) groups excluding carboxylic acids is 2. The second-order valence-electron chi connectivity index (χ2n) is 5.71. The Morgan fingerprint density at radius 3 is 2.54 bits per heavy atom. The van der Waals surface area contributed by atoms with Gasteiger partial charge in [0, 0.05) is 30.8 Å². The molecule has 3 rings (SSSR count). The highest BCUT2D eigenvalue weighted by Crippen LogP contribution is 2.20. The number of hydrogen-bond donors (Lipinski definition) is 1. The molecule has 8 heteroatoms. The molecule has 1 aliphatic rings. The van der Waals surface area contributed by atoms with Crippen molar-refractivity contribution < 1.29 is 19.2 Å². The first-order valence-electron chi connectivity index (χ1n) is 8.08. The Morgan fingerprint density at radius 2 is 1.81 bits per heavy atom. The molecule has 1 aliphatic heterocycles. The maximum atomic E-state index is 12.7. The average molecular weight is 355 g/mol. The van der Waals surface area contributed by atoms with E-state index in [1.165, 1.54) is 24.3 Å². The number of nitro benzene ring substituents is 1. The Bertz CT molecular complexity index is 846. The van der Waals surface area contributed by atoms with Crippen molar-refractivity contribution in [1.82, 2.24) is 4.90 Å². The van der Waals surface area contributed by atoms with E-state index in [1.807, 2.05) is 0 Å². The van der Waals surface area contributed by atoms with Gasteiger partial charge >= 0.3 is 0 Å². The van der Waals surface area contributed by atoms with E-state index in [-0.39, 0.29) is 17.2 Å². The predicted octanol–water partition coefficient (Wildman–Crippen LogP) is 2.32. The smallest absolute Gasteiger partial charge is 0.270 e. The minimum absolute atomic E-state index is 0.146. The van der Waals surface area contributed by atoms with E-state index in [2.05, 4.69) is 5.32 Å². The van der Waals surface area contributed by atoms with E-state index in [1.54, 1.807) is 29.2 Å². The molecule has 2 amide bonds. The summed E-state index contributed by atoms with van der Waals surface area (Å²) >= 11 is 0. The molecule has 1 saturated heterocycles. The van der Waals surface area contributed by atoms with Gasteiger partial charge < -0.3 is 15.0 Å². The summed E-state index contributed by atoms with van der Waals surface area (Å²) in [6.07, 6.45) is 0. The number of nitrogens with one attached hydrogen (secondary N) is 1. The number of amides is 2. The van der Waals surface area contributed by atoms with Crippen molar-refractivity contribution in [2.24, 2.45) is 0 Å². The van der Waals surface area contributed by atoms with Gasteiger partial charge in [-0.3, -0.25) is 19.7 Å². The van der Waals surface area contributed by atoms with E-state index in [0.717, 1.165) is 0 Å². The number of non-ortho nitro benzene ring substituents is 1. The van der Waals surface area contributed by atoms with Crippen molar-refractivity contribution in [1.29, 1.82) is 0 Å². The Kier molecular flexibility index (Phi) is 5.23. The number of ether oxygens (including phenoxy) is 1. The van der Waals surface area contributed by atoms with Crippen LogP contribution in [0.15, 0.2) is 48.5 Å². The highest BCUT2D eigenvalue weighted by molar-refractivity contribution is 6.09. The first kappa shape index (κ1) is 17.6. The van der Waals surface area contributed by atoms with Crippen molar-refractivity contribution in [2.45, 2.75) is 0 Å². The topological polar surface area (TPSA) is 102 Å². The van der Waals surface area contributed by atoms with Crippen LogP contribution in [0.4, 0.5) is 11.4 Å². The van der Waals surface area contributed by atoms with Gasteiger partial charge in [-0.25, -0.2) is 0 Å². The summed E-state index contributed by atoms with van der Waals surface area (Å²) in [4.78, 5) is 37.1.